The smallest absolute Gasteiger partial charge is 0.258 e. The summed E-state index contributed by atoms with van der Waals surface area (Å²) in [5.74, 6) is 0. The highest BCUT2D eigenvalue weighted by Crippen LogP contribution is 2.27. The second-order valence-electron chi connectivity index (χ2n) is 10.9. The SMILES string of the molecule is Cc1ccc(S(=O)(=O)N[C@@H](CF)[C@@H](F)c2ccc([N+](=O)[O-])cc2)cc1.Cc1ccc(S(=O)(=O)N[C@@H](CF)[C@@H](F)c2ccc([N+](=O)[O-])cc2)cc1. The van der Waals surface area contributed by atoms with Crippen LogP contribution >= 0.6 is 0 Å². The zero-order chi connectivity index (χ0) is 37.2. The van der Waals surface area contributed by atoms with Gasteiger partial charge in [0.05, 0.1) is 31.7 Å². The summed E-state index contributed by atoms with van der Waals surface area (Å²) >= 11 is 0. The summed E-state index contributed by atoms with van der Waals surface area (Å²) in [7, 11) is -8.20. The van der Waals surface area contributed by atoms with Crippen LogP contribution < -0.4 is 9.44 Å². The van der Waals surface area contributed by atoms with E-state index in [1.807, 2.05) is 9.44 Å². The van der Waals surface area contributed by atoms with Crippen LogP contribution in [0.25, 0.3) is 0 Å². The van der Waals surface area contributed by atoms with Crippen LogP contribution in [0.15, 0.2) is 107 Å². The lowest BCUT2D eigenvalue weighted by molar-refractivity contribution is -0.385. The summed E-state index contributed by atoms with van der Waals surface area (Å²) < 4.78 is 109. The number of hydrogen-bond acceptors (Lipinski definition) is 8. The first-order chi connectivity index (χ1) is 23.5. The van der Waals surface area contributed by atoms with Gasteiger partial charge in [-0.05, 0) is 73.5 Å². The quantitative estimate of drug-likeness (QED) is 0.0840. The van der Waals surface area contributed by atoms with Gasteiger partial charge in [0.15, 0.2) is 0 Å². The molecule has 4 aromatic carbocycles. The molecule has 0 aliphatic carbocycles. The van der Waals surface area contributed by atoms with Gasteiger partial charge in [-0.3, -0.25) is 20.2 Å². The number of sulfonamides is 2. The molecule has 50 heavy (non-hydrogen) atoms. The Morgan fingerprint density at radius 2 is 0.840 bits per heavy atom. The Morgan fingerprint density at radius 3 is 1.08 bits per heavy atom. The molecule has 0 amide bonds. The van der Waals surface area contributed by atoms with E-state index in [-0.39, 0.29) is 32.3 Å². The van der Waals surface area contributed by atoms with Gasteiger partial charge in [0.2, 0.25) is 20.0 Å². The summed E-state index contributed by atoms with van der Waals surface area (Å²) in [4.78, 5) is 19.7. The van der Waals surface area contributed by atoms with Gasteiger partial charge >= 0.3 is 0 Å². The fraction of sp³-hybridized carbons (Fsp3) is 0.250. The maximum absolute atomic E-state index is 14.5. The van der Waals surface area contributed by atoms with Gasteiger partial charge in [-0.2, -0.15) is 0 Å². The number of aryl methyl sites for hydroxylation is 2. The second-order valence-corrected chi connectivity index (χ2v) is 14.3. The van der Waals surface area contributed by atoms with E-state index >= 15 is 0 Å². The molecule has 0 spiro atoms. The molecule has 12 nitrogen and oxygen atoms in total. The highest BCUT2D eigenvalue weighted by atomic mass is 32.2. The van der Waals surface area contributed by atoms with Crippen molar-refractivity contribution >= 4 is 31.4 Å². The van der Waals surface area contributed by atoms with Crippen LogP contribution in [0.3, 0.4) is 0 Å². The predicted octanol–water partition coefficient (Wildman–Crippen LogP) is 6.46. The Morgan fingerprint density at radius 1 is 0.560 bits per heavy atom. The van der Waals surface area contributed by atoms with Crippen molar-refractivity contribution in [2.75, 3.05) is 13.3 Å². The van der Waals surface area contributed by atoms with Gasteiger partial charge < -0.3 is 0 Å². The van der Waals surface area contributed by atoms with E-state index in [1.165, 1.54) is 24.3 Å². The van der Waals surface area contributed by atoms with Crippen LogP contribution in [0.2, 0.25) is 0 Å². The molecule has 0 saturated heterocycles. The highest BCUT2D eigenvalue weighted by molar-refractivity contribution is 7.89. The molecular weight excluding hydrogens is 708 g/mol. The zero-order valence-electron chi connectivity index (χ0n) is 26.4. The standard InChI is InChI=1S/2C16H16F2N2O4S/c2*1-11-2-8-14(9-3-11)25(23,24)19-15(10-17)16(18)12-4-6-13(7-5-12)20(21)22/h2*2-9,15-16,19H,10H2,1H3/t2*15-,16-/m00/s1. The lowest BCUT2D eigenvalue weighted by atomic mass is 10.0. The third kappa shape index (κ3) is 10.6. The van der Waals surface area contributed by atoms with Crippen molar-refractivity contribution in [1.82, 2.24) is 9.44 Å². The number of nitrogens with zero attached hydrogens (tertiary/aromatic N) is 2. The molecule has 0 aromatic heterocycles. The molecule has 18 heteroatoms. The molecule has 4 rings (SSSR count). The summed E-state index contributed by atoms with van der Waals surface area (Å²) in [5.41, 5.74) is 1.09. The number of halogens is 4. The largest absolute Gasteiger partial charge is 0.269 e. The maximum Gasteiger partial charge on any atom is 0.269 e. The fourth-order valence-corrected chi connectivity index (χ4v) is 6.76. The molecule has 0 fully saturated rings. The summed E-state index contributed by atoms with van der Waals surface area (Å²) in [6.07, 6.45) is -3.99. The van der Waals surface area contributed by atoms with Crippen LogP contribution in [0.1, 0.15) is 34.6 Å². The summed E-state index contributed by atoms with van der Waals surface area (Å²) in [6.45, 7) is 1.01. The van der Waals surface area contributed by atoms with Crippen molar-refractivity contribution in [2.24, 2.45) is 0 Å². The van der Waals surface area contributed by atoms with Crippen LogP contribution in [0.4, 0.5) is 28.9 Å². The number of benzene rings is 4. The number of nitro benzene ring substituents is 2. The second kappa shape index (κ2) is 17.2. The van der Waals surface area contributed by atoms with E-state index in [9.17, 15) is 54.6 Å². The van der Waals surface area contributed by atoms with Crippen molar-refractivity contribution in [3.63, 3.8) is 0 Å². The van der Waals surface area contributed by atoms with E-state index in [1.54, 1.807) is 38.1 Å². The molecule has 4 atom stereocenters. The lowest BCUT2D eigenvalue weighted by Crippen LogP contribution is -2.39. The molecule has 0 bridgehead atoms. The van der Waals surface area contributed by atoms with E-state index in [4.69, 9.17) is 0 Å². The van der Waals surface area contributed by atoms with E-state index in [0.717, 1.165) is 59.7 Å². The molecule has 268 valence electrons. The Kier molecular flexibility index (Phi) is 13.7. The van der Waals surface area contributed by atoms with Gasteiger partial charge in [0.25, 0.3) is 11.4 Å². The van der Waals surface area contributed by atoms with Crippen molar-refractivity contribution < 1.29 is 44.2 Å². The third-order valence-corrected chi connectivity index (χ3v) is 10.2. The first-order valence-electron chi connectivity index (χ1n) is 14.6. The Balaban J connectivity index is 0.000000270. The molecule has 0 saturated carbocycles. The Labute approximate surface area is 285 Å². The van der Waals surface area contributed by atoms with Crippen LogP contribution in [-0.4, -0.2) is 52.1 Å². The molecule has 0 aliphatic rings. The number of nitrogens with one attached hydrogen (secondary N) is 2. The number of nitro groups is 2. The minimum absolute atomic E-state index is 0.0557. The van der Waals surface area contributed by atoms with Gasteiger partial charge in [-0.25, -0.2) is 43.8 Å². The minimum atomic E-state index is -4.10. The Hall–Kier alpha value is -4.78. The molecule has 0 radical (unpaired) electrons. The van der Waals surface area contributed by atoms with Gasteiger partial charge in [-0.1, -0.05) is 35.4 Å². The molecule has 0 unspecified atom stereocenters. The van der Waals surface area contributed by atoms with Crippen molar-refractivity contribution in [1.29, 1.82) is 0 Å². The number of alkyl halides is 4. The number of hydrogen-bond donors (Lipinski definition) is 2. The molecule has 0 aliphatic heterocycles. The van der Waals surface area contributed by atoms with E-state index in [2.05, 4.69) is 0 Å². The van der Waals surface area contributed by atoms with Crippen LogP contribution in [-0.2, 0) is 20.0 Å². The predicted molar refractivity (Wildman–Crippen MR) is 176 cm³/mol. The van der Waals surface area contributed by atoms with Crippen molar-refractivity contribution in [2.45, 2.75) is 48.1 Å². The fourth-order valence-electron chi connectivity index (χ4n) is 4.33. The summed E-state index contributed by atoms with van der Waals surface area (Å²) in [5, 5.41) is 21.2. The highest BCUT2D eigenvalue weighted by Gasteiger charge is 2.30. The lowest BCUT2D eigenvalue weighted by Gasteiger charge is -2.20. The zero-order valence-corrected chi connectivity index (χ0v) is 28.1. The molecule has 4 aromatic rings. The maximum atomic E-state index is 14.5. The van der Waals surface area contributed by atoms with Gasteiger partial charge in [0, 0.05) is 24.3 Å². The first kappa shape index (κ1) is 39.7. The van der Waals surface area contributed by atoms with Crippen LogP contribution in [0, 0.1) is 34.1 Å². The normalized spacial score (nSPS) is 14.0. The molecular formula is C32H32F4N4O8S2. The third-order valence-electron chi connectivity index (χ3n) is 7.16. The average molecular weight is 741 g/mol. The van der Waals surface area contributed by atoms with Crippen molar-refractivity contribution in [3.05, 3.63) is 140 Å². The average Bonchev–Trinajstić information content (AvgIpc) is 3.09. The molecule has 0 heterocycles. The van der Waals surface area contributed by atoms with E-state index < -0.39 is 67.7 Å². The monoisotopic (exact) mass is 740 g/mol. The number of rotatable bonds is 14. The van der Waals surface area contributed by atoms with Gasteiger partial charge in [-0.15, -0.1) is 0 Å². The molecule has 2 N–H and O–H groups in total. The topological polar surface area (TPSA) is 179 Å². The van der Waals surface area contributed by atoms with Crippen molar-refractivity contribution in [3.8, 4) is 0 Å². The number of non-ortho nitro benzene ring substituents is 2. The van der Waals surface area contributed by atoms with Gasteiger partial charge in [0.1, 0.15) is 25.7 Å². The minimum Gasteiger partial charge on any atom is -0.258 e. The summed E-state index contributed by atoms with van der Waals surface area (Å²) in [6, 6.07) is 17.2. The van der Waals surface area contributed by atoms with E-state index in [0.29, 0.717) is 0 Å². The van der Waals surface area contributed by atoms with Crippen LogP contribution in [0.5, 0.6) is 0 Å². The Bertz CT molecular complexity index is 1820. The first-order valence-corrected chi connectivity index (χ1v) is 17.5.